The quantitative estimate of drug-likeness (QED) is 0.188. The zero-order valence-electron chi connectivity index (χ0n) is 26.1. The van der Waals surface area contributed by atoms with Crippen LogP contribution in [-0.4, -0.2) is 4.57 Å². The molecule has 0 radical (unpaired) electrons. The summed E-state index contributed by atoms with van der Waals surface area (Å²) in [6.45, 7) is 0. The standard InChI is InChI=1S/C46H29NS/c1-3-11-30(12-4-1)33-25-27-43-40(29-33)38-18-9-17-37-35(26-28-44(48-43)46(37)38)31-21-23-32(24-22-31)36-16-10-20-42-45(36)39-15-7-8-19-41(39)47(42)34-13-5-2-6-14-34/h1-29H. The molecule has 0 amide bonds. The van der Waals surface area contributed by atoms with Crippen molar-refractivity contribution in [2.75, 3.05) is 0 Å². The summed E-state index contributed by atoms with van der Waals surface area (Å²) in [4.78, 5) is 2.64. The maximum Gasteiger partial charge on any atom is 0.0547 e. The molecule has 0 saturated carbocycles. The first kappa shape index (κ1) is 27.3. The summed E-state index contributed by atoms with van der Waals surface area (Å²) in [6.07, 6.45) is 0. The zero-order valence-corrected chi connectivity index (χ0v) is 26.9. The highest BCUT2D eigenvalue weighted by molar-refractivity contribution is 7.99. The van der Waals surface area contributed by atoms with Gasteiger partial charge < -0.3 is 4.57 Å². The van der Waals surface area contributed by atoms with Crippen molar-refractivity contribution >= 4 is 44.3 Å². The van der Waals surface area contributed by atoms with Gasteiger partial charge in [0.25, 0.3) is 0 Å². The highest BCUT2D eigenvalue weighted by Gasteiger charge is 2.22. The summed E-state index contributed by atoms with van der Waals surface area (Å²) in [5, 5.41) is 5.21. The molecule has 10 rings (SSSR count). The van der Waals surface area contributed by atoms with Crippen LogP contribution in [-0.2, 0) is 0 Å². The van der Waals surface area contributed by atoms with E-state index in [2.05, 4.69) is 180 Å². The van der Waals surface area contributed by atoms with Crippen LogP contribution in [0.4, 0.5) is 0 Å². The van der Waals surface area contributed by atoms with E-state index in [-0.39, 0.29) is 0 Å². The lowest BCUT2D eigenvalue weighted by atomic mass is 9.90. The van der Waals surface area contributed by atoms with Gasteiger partial charge in [0.05, 0.1) is 11.0 Å². The maximum absolute atomic E-state index is 2.39. The predicted octanol–water partition coefficient (Wildman–Crippen LogP) is 13.1. The van der Waals surface area contributed by atoms with Crippen LogP contribution in [0.25, 0.3) is 82.8 Å². The van der Waals surface area contributed by atoms with E-state index < -0.39 is 0 Å². The van der Waals surface area contributed by atoms with Crippen LogP contribution in [0.1, 0.15) is 0 Å². The molecule has 224 valence electrons. The number of rotatable bonds is 4. The Hall–Kier alpha value is -5.83. The van der Waals surface area contributed by atoms with Crippen LogP contribution in [0.15, 0.2) is 186 Å². The Morgan fingerprint density at radius 3 is 1.79 bits per heavy atom. The van der Waals surface area contributed by atoms with Crippen molar-refractivity contribution in [3.8, 4) is 50.2 Å². The molecule has 8 aromatic carbocycles. The highest BCUT2D eigenvalue weighted by atomic mass is 32.2. The minimum Gasteiger partial charge on any atom is -0.309 e. The Morgan fingerprint density at radius 2 is 0.958 bits per heavy atom. The summed E-state index contributed by atoms with van der Waals surface area (Å²) in [6, 6.07) is 64.3. The Bertz CT molecular complexity index is 2670. The van der Waals surface area contributed by atoms with Crippen molar-refractivity contribution in [3.05, 3.63) is 176 Å². The number of hydrogen-bond donors (Lipinski definition) is 0. The normalized spacial score (nSPS) is 12.1. The number of aromatic nitrogens is 1. The topological polar surface area (TPSA) is 4.93 Å². The molecule has 1 aliphatic heterocycles. The van der Waals surface area contributed by atoms with Gasteiger partial charge >= 0.3 is 0 Å². The fourth-order valence-corrected chi connectivity index (χ4v) is 8.75. The lowest BCUT2D eigenvalue weighted by molar-refractivity contribution is 1.18. The fourth-order valence-electron chi connectivity index (χ4n) is 7.64. The third-order valence-electron chi connectivity index (χ3n) is 9.82. The fraction of sp³-hybridized carbons (Fsp3) is 0. The monoisotopic (exact) mass is 627 g/mol. The van der Waals surface area contributed by atoms with Crippen molar-refractivity contribution in [1.82, 2.24) is 4.57 Å². The minimum atomic E-state index is 1.18. The number of fused-ring (bicyclic) bond motifs is 5. The second kappa shape index (κ2) is 10.9. The van der Waals surface area contributed by atoms with Crippen LogP contribution in [0, 0.1) is 0 Å². The smallest absolute Gasteiger partial charge is 0.0547 e. The third kappa shape index (κ3) is 4.20. The van der Waals surface area contributed by atoms with Crippen LogP contribution in [0.5, 0.6) is 0 Å². The Kier molecular flexibility index (Phi) is 6.18. The van der Waals surface area contributed by atoms with Crippen LogP contribution in [0.3, 0.4) is 0 Å². The Morgan fingerprint density at radius 1 is 0.333 bits per heavy atom. The molecule has 1 aromatic heterocycles. The lowest BCUT2D eigenvalue weighted by Crippen LogP contribution is -1.95. The van der Waals surface area contributed by atoms with E-state index in [0.717, 1.165) is 0 Å². The SMILES string of the molecule is c1ccc(-c2ccc3c(c2)-c2cccc4c(-c5ccc(-c6cccc7c6c6ccccc6n7-c6ccccc6)cc5)ccc(c24)S3)cc1. The van der Waals surface area contributed by atoms with Gasteiger partial charge in [-0.05, 0) is 92.4 Å². The molecule has 0 unspecified atom stereocenters. The molecular formula is C46H29NS. The third-order valence-corrected chi connectivity index (χ3v) is 11.0. The molecule has 0 atom stereocenters. The summed E-state index contributed by atoms with van der Waals surface area (Å²) in [7, 11) is 0. The molecule has 1 aliphatic rings. The highest BCUT2D eigenvalue weighted by Crippen LogP contribution is 2.50. The first-order chi connectivity index (χ1) is 23.8. The summed E-state index contributed by atoms with van der Waals surface area (Å²) < 4.78 is 2.39. The first-order valence-corrected chi connectivity index (χ1v) is 17.3. The number of para-hydroxylation sites is 2. The van der Waals surface area contributed by atoms with Crippen molar-refractivity contribution in [2.45, 2.75) is 9.79 Å². The average molecular weight is 628 g/mol. The van der Waals surface area contributed by atoms with E-state index in [1.165, 1.54) is 92.6 Å². The summed E-state index contributed by atoms with van der Waals surface area (Å²) >= 11 is 1.88. The predicted molar refractivity (Wildman–Crippen MR) is 204 cm³/mol. The summed E-state index contributed by atoms with van der Waals surface area (Å²) in [5.74, 6) is 0. The van der Waals surface area contributed by atoms with E-state index in [0.29, 0.717) is 0 Å². The van der Waals surface area contributed by atoms with Crippen LogP contribution in [0.2, 0.25) is 0 Å². The number of nitrogens with zero attached hydrogens (tertiary/aromatic N) is 1. The zero-order chi connectivity index (χ0) is 31.6. The van der Waals surface area contributed by atoms with E-state index in [4.69, 9.17) is 0 Å². The van der Waals surface area contributed by atoms with Gasteiger partial charge in [0.2, 0.25) is 0 Å². The van der Waals surface area contributed by atoms with Gasteiger partial charge in [0.1, 0.15) is 0 Å². The van der Waals surface area contributed by atoms with Crippen molar-refractivity contribution < 1.29 is 0 Å². The molecule has 0 saturated heterocycles. The van der Waals surface area contributed by atoms with E-state index in [1.807, 2.05) is 11.8 Å². The largest absolute Gasteiger partial charge is 0.309 e. The lowest BCUT2D eigenvalue weighted by Gasteiger charge is -2.22. The first-order valence-electron chi connectivity index (χ1n) is 16.4. The Labute approximate surface area is 283 Å². The van der Waals surface area contributed by atoms with Crippen molar-refractivity contribution in [1.29, 1.82) is 0 Å². The van der Waals surface area contributed by atoms with E-state index in [1.54, 1.807) is 0 Å². The molecule has 1 nitrogen and oxygen atoms in total. The van der Waals surface area contributed by atoms with Gasteiger partial charge in [0.15, 0.2) is 0 Å². The van der Waals surface area contributed by atoms with E-state index >= 15 is 0 Å². The molecule has 48 heavy (non-hydrogen) atoms. The molecule has 9 aromatic rings. The second-order valence-corrected chi connectivity index (χ2v) is 13.6. The summed E-state index contributed by atoms with van der Waals surface area (Å²) in [5.41, 5.74) is 13.7. The maximum atomic E-state index is 2.39. The van der Waals surface area contributed by atoms with Crippen LogP contribution >= 0.6 is 11.8 Å². The van der Waals surface area contributed by atoms with Gasteiger partial charge in [0, 0.05) is 31.6 Å². The van der Waals surface area contributed by atoms with Crippen molar-refractivity contribution in [2.24, 2.45) is 0 Å². The number of hydrogen-bond acceptors (Lipinski definition) is 1. The van der Waals surface area contributed by atoms with Gasteiger partial charge in [-0.1, -0.05) is 145 Å². The molecule has 2 heteroatoms. The second-order valence-electron chi connectivity index (χ2n) is 12.5. The van der Waals surface area contributed by atoms with Crippen molar-refractivity contribution in [3.63, 3.8) is 0 Å². The van der Waals surface area contributed by atoms with E-state index in [9.17, 15) is 0 Å². The van der Waals surface area contributed by atoms with Gasteiger partial charge in [-0.25, -0.2) is 0 Å². The average Bonchev–Trinajstić information content (AvgIpc) is 3.50. The van der Waals surface area contributed by atoms with Gasteiger partial charge in [-0.2, -0.15) is 0 Å². The van der Waals surface area contributed by atoms with Gasteiger partial charge in [-0.3, -0.25) is 0 Å². The molecule has 0 spiro atoms. The molecule has 0 N–H and O–H groups in total. The number of benzene rings is 8. The molecule has 2 heterocycles. The van der Waals surface area contributed by atoms with Crippen LogP contribution < -0.4 is 0 Å². The molecule has 0 bridgehead atoms. The molecule has 0 aliphatic carbocycles. The molecular weight excluding hydrogens is 599 g/mol. The minimum absolute atomic E-state index is 1.18. The Balaban J connectivity index is 1.09. The molecule has 0 fully saturated rings. The van der Waals surface area contributed by atoms with Gasteiger partial charge in [-0.15, -0.1) is 0 Å².